The molecule has 1 aliphatic heterocycles. The van der Waals surface area contributed by atoms with Crippen LogP contribution in [-0.2, 0) is 37.4 Å². The fourth-order valence-electron chi connectivity index (χ4n) is 10.5. The van der Waals surface area contributed by atoms with Crippen LogP contribution in [0.4, 0.5) is 0 Å². The minimum absolute atomic E-state index is 0.0375. The maximum Gasteiger partial charge on any atom is 0.338 e. The molecule has 3 unspecified atom stereocenters. The number of aliphatic hydroxyl groups is 2. The third kappa shape index (κ3) is 7.80. The van der Waals surface area contributed by atoms with E-state index in [-0.39, 0.29) is 26.1 Å². The van der Waals surface area contributed by atoms with Gasteiger partial charge in [0.05, 0.1) is 35.9 Å². The van der Waals surface area contributed by atoms with Gasteiger partial charge in [0.2, 0.25) is 0 Å². The average Bonchev–Trinajstić information content (AvgIpc) is 3.17. The third-order valence-electron chi connectivity index (χ3n) is 14.5. The second-order valence-corrected chi connectivity index (χ2v) is 26.4. The molecule has 1 saturated heterocycles. The largest absolute Gasteiger partial charge is 0.465 e. The van der Waals surface area contributed by atoms with E-state index in [9.17, 15) is 24.6 Å². The molecule has 3 aliphatic carbocycles. The van der Waals surface area contributed by atoms with Crippen LogP contribution in [0.3, 0.4) is 0 Å². The van der Waals surface area contributed by atoms with Gasteiger partial charge in [-0.05, 0) is 72.9 Å². The second kappa shape index (κ2) is 16.8. The predicted octanol–water partition coefficient (Wildman–Crippen LogP) is 7.11. The molecule has 1 heterocycles. The fraction of sp³-hybridized carbons (Fsp3) is 0.738. The summed E-state index contributed by atoms with van der Waals surface area (Å²) in [7, 11) is -4.71. The normalized spacial score (nSPS) is 34.7. The zero-order valence-electron chi connectivity index (χ0n) is 34.8. The zero-order valence-corrected chi connectivity index (χ0v) is 36.8. The quantitative estimate of drug-likeness (QED) is 0.0809. The molecule has 0 spiro atoms. The summed E-state index contributed by atoms with van der Waals surface area (Å²) in [5.41, 5.74) is -2.38. The molecule has 11 nitrogen and oxygen atoms in total. The molecule has 2 N–H and O–H groups in total. The van der Waals surface area contributed by atoms with Crippen molar-refractivity contribution in [2.24, 2.45) is 16.7 Å². The van der Waals surface area contributed by atoms with Crippen molar-refractivity contribution in [2.75, 3.05) is 13.2 Å². The highest BCUT2D eigenvalue weighted by Gasteiger charge is 2.75. The van der Waals surface area contributed by atoms with Crippen LogP contribution in [-0.4, -0.2) is 100 Å². The fourth-order valence-corrected chi connectivity index (χ4v) is 16.3. The van der Waals surface area contributed by atoms with E-state index in [2.05, 4.69) is 41.5 Å². The van der Waals surface area contributed by atoms with E-state index in [1.807, 2.05) is 19.9 Å². The Morgan fingerprint density at radius 3 is 1.96 bits per heavy atom. The first-order valence-electron chi connectivity index (χ1n) is 20.6. The van der Waals surface area contributed by atoms with E-state index in [1.165, 1.54) is 13.8 Å². The molecule has 0 aromatic heterocycles. The van der Waals surface area contributed by atoms with Crippen LogP contribution >= 0.6 is 0 Å². The Morgan fingerprint density at radius 2 is 1.45 bits per heavy atom. The molecule has 13 heteroatoms. The lowest BCUT2D eigenvalue weighted by molar-refractivity contribution is -0.341. The van der Waals surface area contributed by atoms with Crippen molar-refractivity contribution in [1.82, 2.24) is 0 Å². The number of rotatable bonds is 15. The van der Waals surface area contributed by atoms with Gasteiger partial charge in [-0.1, -0.05) is 66.7 Å². The van der Waals surface area contributed by atoms with Crippen molar-refractivity contribution in [2.45, 2.75) is 167 Å². The van der Waals surface area contributed by atoms with Crippen LogP contribution in [0.25, 0.3) is 0 Å². The summed E-state index contributed by atoms with van der Waals surface area (Å²) in [5, 5.41) is 26.8. The summed E-state index contributed by atoms with van der Waals surface area (Å²) in [5.74, 6) is -2.57. The molecule has 5 rings (SSSR count). The standard InChI is InChI=1S/C42H66O11Si2/c1-11-54(12-2,13-3)52-32-24-42(47)23-31(27(32)7)35(50-29(9)44)37(45)40(10)33(53-55(14-4,15-5)16-6)22-34-41(26-49-34,25-48-28(8)43)36(40)38(42)51-39(46)30-20-18-17-19-21-30/h17-21,32-38,45,47H,11-16,22-26H2,1-10H3/t32-,33?,34+,35-,36-,37-,38-,40?,41+,42?/m0/s1. The monoisotopic (exact) mass is 802 g/mol. The van der Waals surface area contributed by atoms with Crippen LogP contribution < -0.4 is 0 Å². The number of carbonyl (C=O) groups is 3. The molecule has 308 valence electrons. The van der Waals surface area contributed by atoms with E-state index < -0.39 is 93.5 Å². The van der Waals surface area contributed by atoms with Crippen LogP contribution in [0, 0.1) is 16.7 Å². The van der Waals surface area contributed by atoms with Crippen molar-refractivity contribution in [3.05, 3.63) is 47.0 Å². The Balaban J connectivity index is 1.84. The Bertz CT molecular complexity index is 1560. The Morgan fingerprint density at radius 1 is 0.873 bits per heavy atom. The smallest absolute Gasteiger partial charge is 0.338 e. The second-order valence-electron chi connectivity index (χ2n) is 17.0. The highest BCUT2D eigenvalue weighted by molar-refractivity contribution is 6.74. The number of hydrogen-bond donors (Lipinski definition) is 2. The van der Waals surface area contributed by atoms with Crippen LogP contribution in [0.5, 0.6) is 0 Å². The van der Waals surface area contributed by atoms with Gasteiger partial charge in [-0.3, -0.25) is 9.59 Å². The van der Waals surface area contributed by atoms with Crippen molar-refractivity contribution >= 4 is 34.5 Å². The van der Waals surface area contributed by atoms with Gasteiger partial charge in [0.15, 0.2) is 16.6 Å². The molecule has 2 bridgehead atoms. The molecule has 3 fully saturated rings. The summed E-state index contributed by atoms with van der Waals surface area (Å²) in [6, 6.07) is 13.8. The average molecular weight is 803 g/mol. The van der Waals surface area contributed by atoms with Crippen molar-refractivity contribution in [3.8, 4) is 0 Å². The third-order valence-corrected chi connectivity index (χ3v) is 23.8. The van der Waals surface area contributed by atoms with E-state index >= 15 is 0 Å². The number of aliphatic hydroxyl groups excluding tert-OH is 1. The summed E-state index contributed by atoms with van der Waals surface area (Å²) < 4.78 is 39.7. The van der Waals surface area contributed by atoms with Crippen LogP contribution in [0.1, 0.15) is 98.9 Å². The topological polar surface area (TPSA) is 147 Å². The lowest BCUT2D eigenvalue weighted by atomic mass is 9.44. The van der Waals surface area contributed by atoms with E-state index in [0.29, 0.717) is 17.6 Å². The molecule has 10 atom stereocenters. The van der Waals surface area contributed by atoms with Gasteiger partial charge in [0.25, 0.3) is 0 Å². The van der Waals surface area contributed by atoms with Crippen molar-refractivity contribution in [3.63, 3.8) is 0 Å². The zero-order chi connectivity index (χ0) is 40.6. The van der Waals surface area contributed by atoms with E-state index in [1.54, 1.807) is 24.3 Å². The lowest BCUT2D eigenvalue weighted by Gasteiger charge is -2.69. The number of carbonyl (C=O) groups excluding carboxylic acids is 3. The van der Waals surface area contributed by atoms with Gasteiger partial charge in [-0.2, -0.15) is 0 Å². The molecule has 4 aliphatic rings. The SMILES string of the molecule is CC[Si](CC)(CC)OC1C[C@H]2OC[C@@]2(COC(C)=O)[C@H]2[C@H](OC(=O)c3ccccc3)C3(O)CC(=C(C)[C@@H](O[Si](CC)(CC)CC)C3)[C@H](OC(C)=O)[C@H](O)C12C. The maximum atomic E-state index is 14.4. The van der Waals surface area contributed by atoms with Gasteiger partial charge >= 0.3 is 17.9 Å². The highest BCUT2D eigenvalue weighted by atomic mass is 28.4. The van der Waals surface area contributed by atoms with Gasteiger partial charge < -0.3 is 38.0 Å². The lowest BCUT2D eigenvalue weighted by Crippen LogP contribution is -2.78. The molecule has 0 amide bonds. The minimum atomic E-state index is -2.40. The molecule has 55 heavy (non-hydrogen) atoms. The minimum Gasteiger partial charge on any atom is -0.465 e. The molecular weight excluding hydrogens is 737 g/mol. The van der Waals surface area contributed by atoms with Crippen LogP contribution in [0.15, 0.2) is 41.5 Å². The maximum absolute atomic E-state index is 14.4. The number of esters is 3. The first-order valence-corrected chi connectivity index (χ1v) is 25.7. The molecule has 1 aromatic carbocycles. The van der Waals surface area contributed by atoms with Gasteiger partial charge in [0, 0.05) is 38.0 Å². The summed E-state index contributed by atoms with van der Waals surface area (Å²) in [6.45, 7) is 19.4. The summed E-state index contributed by atoms with van der Waals surface area (Å²) >= 11 is 0. The predicted molar refractivity (Wildman–Crippen MR) is 213 cm³/mol. The Hall–Kier alpha value is -2.40. The van der Waals surface area contributed by atoms with Gasteiger partial charge in [0.1, 0.15) is 30.5 Å². The van der Waals surface area contributed by atoms with E-state index in [4.69, 9.17) is 27.8 Å². The molecule has 1 aromatic rings. The molecular formula is C42H66O11Si2. The highest BCUT2D eigenvalue weighted by Crippen LogP contribution is 2.65. The molecule has 0 radical (unpaired) electrons. The number of benzene rings is 1. The Labute approximate surface area is 330 Å². The van der Waals surface area contributed by atoms with E-state index in [0.717, 1.165) is 41.8 Å². The summed E-state index contributed by atoms with van der Waals surface area (Å²) in [6.07, 6.45) is -5.10. The van der Waals surface area contributed by atoms with Gasteiger partial charge in [-0.25, -0.2) is 4.79 Å². The number of fused-ring (bicyclic) bond motifs is 5. The first-order chi connectivity index (χ1) is 26.0. The van der Waals surface area contributed by atoms with Gasteiger partial charge in [-0.15, -0.1) is 0 Å². The van der Waals surface area contributed by atoms with Crippen LogP contribution in [0.2, 0.25) is 36.3 Å². The molecule has 2 saturated carbocycles. The van der Waals surface area contributed by atoms with Crippen molar-refractivity contribution in [1.29, 1.82) is 0 Å². The van der Waals surface area contributed by atoms with Crippen molar-refractivity contribution < 1.29 is 52.4 Å². The summed E-state index contributed by atoms with van der Waals surface area (Å²) in [4.78, 5) is 40.0. The first kappa shape index (κ1) is 43.7. The number of hydrogen-bond acceptors (Lipinski definition) is 11. The number of ether oxygens (including phenoxy) is 4. The Kier molecular flexibility index (Phi) is 13.4.